The van der Waals surface area contributed by atoms with E-state index in [1.54, 1.807) is 0 Å². The number of nitrogens with zero attached hydrogens (tertiary/aromatic N) is 4. The SMILES string of the molecule is CCCN(CC)C1=NC(=O)/C(=C/c2ccc3c(cnn3Cc3ccc(C(C)CC)cc3C)c2)S1. The third-order valence-electron chi connectivity index (χ3n) is 6.59. The molecular formula is C28H34N4OS. The standard InChI is InChI=1S/C28H34N4OS/c1-6-13-31(8-3)28-30-27(33)26(34-28)16-21-9-12-25-24(15-21)17-29-32(25)18-23-11-10-22(14-20(23)5)19(4)7-2/h9-12,14-17,19H,6-8,13,18H2,1-5H3/b26-16-. The van der Waals surface area contributed by atoms with Crippen LogP contribution in [0.15, 0.2) is 52.5 Å². The molecule has 34 heavy (non-hydrogen) atoms. The maximum absolute atomic E-state index is 12.5. The van der Waals surface area contributed by atoms with E-state index in [4.69, 9.17) is 0 Å². The number of rotatable bonds is 8. The minimum atomic E-state index is -0.151. The molecular weight excluding hydrogens is 440 g/mol. The van der Waals surface area contributed by atoms with Crippen LogP contribution in [0.4, 0.5) is 0 Å². The Labute approximate surface area is 206 Å². The van der Waals surface area contributed by atoms with Crippen molar-refractivity contribution in [2.45, 2.75) is 59.9 Å². The highest BCUT2D eigenvalue weighted by molar-refractivity contribution is 8.18. The van der Waals surface area contributed by atoms with Crippen LogP contribution in [-0.4, -0.2) is 38.8 Å². The number of thioether (sulfide) groups is 1. The molecule has 2 heterocycles. The van der Waals surface area contributed by atoms with Crippen molar-refractivity contribution < 1.29 is 4.79 Å². The molecule has 0 bridgehead atoms. The highest BCUT2D eigenvalue weighted by Gasteiger charge is 2.25. The summed E-state index contributed by atoms with van der Waals surface area (Å²) in [6.45, 7) is 13.4. The number of fused-ring (bicyclic) bond motifs is 1. The molecule has 1 amide bonds. The molecule has 5 nitrogen and oxygen atoms in total. The Morgan fingerprint density at radius 2 is 1.97 bits per heavy atom. The zero-order chi connectivity index (χ0) is 24.2. The van der Waals surface area contributed by atoms with Gasteiger partial charge in [-0.15, -0.1) is 0 Å². The van der Waals surface area contributed by atoms with Gasteiger partial charge in [-0.2, -0.15) is 10.1 Å². The molecule has 6 heteroatoms. The minimum absolute atomic E-state index is 0.151. The van der Waals surface area contributed by atoms with E-state index in [0.717, 1.165) is 54.1 Å². The summed E-state index contributed by atoms with van der Waals surface area (Å²) in [4.78, 5) is 19.6. The topological polar surface area (TPSA) is 50.5 Å². The van der Waals surface area contributed by atoms with Gasteiger partial charge >= 0.3 is 0 Å². The monoisotopic (exact) mass is 474 g/mol. The second-order valence-corrected chi connectivity index (χ2v) is 10.0. The number of amidine groups is 1. The molecule has 3 aromatic rings. The van der Waals surface area contributed by atoms with E-state index in [9.17, 15) is 4.79 Å². The zero-order valence-electron chi connectivity index (χ0n) is 20.8. The lowest BCUT2D eigenvalue weighted by molar-refractivity contribution is -0.113. The van der Waals surface area contributed by atoms with Crippen LogP contribution in [0.2, 0.25) is 0 Å². The number of amides is 1. The van der Waals surface area contributed by atoms with Gasteiger partial charge in [-0.1, -0.05) is 45.0 Å². The highest BCUT2D eigenvalue weighted by atomic mass is 32.2. The summed E-state index contributed by atoms with van der Waals surface area (Å²) < 4.78 is 2.05. The van der Waals surface area contributed by atoms with Crippen LogP contribution in [0.1, 0.15) is 68.7 Å². The molecule has 0 aliphatic carbocycles. The molecule has 0 spiro atoms. The molecule has 2 aromatic carbocycles. The largest absolute Gasteiger partial charge is 0.351 e. The number of carbonyl (C=O) groups is 1. The molecule has 1 aliphatic rings. The van der Waals surface area contributed by atoms with Gasteiger partial charge in [-0.05, 0) is 84.8 Å². The van der Waals surface area contributed by atoms with Gasteiger partial charge in [0.2, 0.25) is 0 Å². The Kier molecular flexibility index (Phi) is 7.57. The van der Waals surface area contributed by atoms with E-state index >= 15 is 0 Å². The van der Waals surface area contributed by atoms with Gasteiger partial charge in [-0.25, -0.2) is 0 Å². The number of aromatic nitrogens is 2. The average Bonchev–Trinajstić information content (AvgIpc) is 3.40. The number of hydrogen-bond donors (Lipinski definition) is 0. The first kappa shape index (κ1) is 24.3. The fraction of sp³-hybridized carbons (Fsp3) is 0.393. The molecule has 1 aliphatic heterocycles. The van der Waals surface area contributed by atoms with Crippen molar-refractivity contribution >= 4 is 39.8 Å². The fourth-order valence-electron chi connectivity index (χ4n) is 4.26. The predicted molar refractivity (Wildman–Crippen MR) is 144 cm³/mol. The lowest BCUT2D eigenvalue weighted by Gasteiger charge is -2.20. The van der Waals surface area contributed by atoms with Crippen molar-refractivity contribution in [2.75, 3.05) is 13.1 Å². The van der Waals surface area contributed by atoms with Crippen LogP contribution in [0, 0.1) is 6.92 Å². The summed E-state index contributed by atoms with van der Waals surface area (Å²) in [6.07, 6.45) is 6.03. The number of benzene rings is 2. The smallest absolute Gasteiger partial charge is 0.286 e. The molecule has 0 fully saturated rings. The van der Waals surface area contributed by atoms with Crippen LogP contribution in [-0.2, 0) is 11.3 Å². The Morgan fingerprint density at radius 1 is 1.15 bits per heavy atom. The summed E-state index contributed by atoms with van der Waals surface area (Å²) in [7, 11) is 0. The Morgan fingerprint density at radius 3 is 2.68 bits per heavy atom. The summed E-state index contributed by atoms with van der Waals surface area (Å²) in [6, 6.07) is 13.0. The van der Waals surface area contributed by atoms with Crippen LogP contribution in [0.25, 0.3) is 17.0 Å². The molecule has 4 rings (SSSR count). The summed E-state index contributed by atoms with van der Waals surface area (Å²) in [5, 5.41) is 6.53. The Bertz CT molecular complexity index is 1260. The van der Waals surface area contributed by atoms with E-state index in [2.05, 4.69) is 90.7 Å². The van der Waals surface area contributed by atoms with E-state index in [1.165, 1.54) is 28.5 Å². The Balaban J connectivity index is 1.52. The van der Waals surface area contributed by atoms with Crippen molar-refractivity contribution in [3.63, 3.8) is 0 Å². The molecule has 0 N–H and O–H groups in total. The van der Waals surface area contributed by atoms with Crippen LogP contribution >= 0.6 is 11.8 Å². The lowest BCUT2D eigenvalue weighted by Crippen LogP contribution is -2.28. The first-order valence-electron chi connectivity index (χ1n) is 12.3. The number of hydrogen-bond acceptors (Lipinski definition) is 4. The fourth-order valence-corrected chi connectivity index (χ4v) is 5.27. The summed E-state index contributed by atoms with van der Waals surface area (Å²) in [5.74, 6) is 0.426. The normalized spacial score (nSPS) is 15.9. The molecule has 1 atom stereocenters. The summed E-state index contributed by atoms with van der Waals surface area (Å²) >= 11 is 1.47. The molecule has 1 unspecified atom stereocenters. The molecule has 1 aromatic heterocycles. The molecule has 0 saturated heterocycles. The van der Waals surface area contributed by atoms with Crippen LogP contribution in [0.5, 0.6) is 0 Å². The van der Waals surface area contributed by atoms with Gasteiger partial charge in [-0.3, -0.25) is 9.48 Å². The van der Waals surface area contributed by atoms with Crippen molar-refractivity contribution in [2.24, 2.45) is 4.99 Å². The second kappa shape index (κ2) is 10.6. The van der Waals surface area contributed by atoms with Gasteiger partial charge in [0.25, 0.3) is 5.91 Å². The van der Waals surface area contributed by atoms with E-state index in [0.29, 0.717) is 10.8 Å². The van der Waals surface area contributed by atoms with Crippen molar-refractivity contribution in [3.05, 3.63) is 69.8 Å². The van der Waals surface area contributed by atoms with Crippen molar-refractivity contribution in [1.82, 2.24) is 14.7 Å². The molecule has 0 saturated carbocycles. The third kappa shape index (κ3) is 5.12. The highest BCUT2D eigenvalue weighted by Crippen LogP contribution is 2.31. The summed E-state index contributed by atoms with van der Waals surface area (Å²) in [5.41, 5.74) is 6.07. The van der Waals surface area contributed by atoms with Gasteiger partial charge < -0.3 is 4.90 Å². The van der Waals surface area contributed by atoms with Crippen molar-refractivity contribution in [3.8, 4) is 0 Å². The van der Waals surface area contributed by atoms with Gasteiger partial charge in [0.1, 0.15) is 0 Å². The van der Waals surface area contributed by atoms with Gasteiger partial charge in [0, 0.05) is 18.5 Å². The zero-order valence-corrected chi connectivity index (χ0v) is 21.7. The number of aliphatic imine (C=N–C) groups is 1. The quantitative estimate of drug-likeness (QED) is 0.345. The first-order valence-corrected chi connectivity index (χ1v) is 13.1. The second-order valence-electron chi connectivity index (χ2n) is 9.01. The maximum atomic E-state index is 12.5. The van der Waals surface area contributed by atoms with E-state index in [-0.39, 0.29) is 5.91 Å². The Hall–Kier alpha value is -2.86. The minimum Gasteiger partial charge on any atom is -0.351 e. The van der Waals surface area contributed by atoms with Crippen molar-refractivity contribution in [1.29, 1.82) is 0 Å². The van der Waals surface area contributed by atoms with E-state index < -0.39 is 0 Å². The van der Waals surface area contributed by atoms with Crippen LogP contribution in [0.3, 0.4) is 0 Å². The third-order valence-corrected chi connectivity index (χ3v) is 7.63. The average molecular weight is 475 g/mol. The van der Waals surface area contributed by atoms with Gasteiger partial charge in [0.15, 0.2) is 5.17 Å². The van der Waals surface area contributed by atoms with Crippen LogP contribution < -0.4 is 0 Å². The maximum Gasteiger partial charge on any atom is 0.286 e. The van der Waals surface area contributed by atoms with Gasteiger partial charge in [0.05, 0.1) is 23.2 Å². The number of carbonyl (C=O) groups excluding carboxylic acids is 1. The predicted octanol–water partition coefficient (Wildman–Crippen LogP) is 6.61. The number of aryl methyl sites for hydroxylation is 1. The lowest BCUT2D eigenvalue weighted by atomic mass is 9.95. The molecule has 178 valence electrons. The first-order chi connectivity index (χ1) is 16.4. The van der Waals surface area contributed by atoms with E-state index in [1.807, 2.05) is 12.3 Å². The molecule has 0 radical (unpaired) electrons.